The van der Waals surface area contributed by atoms with Gasteiger partial charge < -0.3 is 15.5 Å². The molecule has 0 bridgehead atoms. The molecule has 5 heteroatoms. The Morgan fingerprint density at radius 2 is 1.89 bits per heavy atom. The minimum atomic E-state index is 0.0165. The van der Waals surface area contributed by atoms with Crippen LogP contribution in [0.4, 0.5) is 10.7 Å². The summed E-state index contributed by atoms with van der Waals surface area (Å²) in [5, 5.41) is 1.20. The van der Waals surface area contributed by atoms with Crippen molar-refractivity contribution in [2.45, 2.75) is 32.6 Å². The molecule has 1 aliphatic rings. The van der Waals surface area contributed by atoms with Crippen molar-refractivity contribution < 1.29 is 4.79 Å². The Morgan fingerprint density at radius 1 is 1.32 bits per heavy atom. The molecule has 1 amide bonds. The number of anilines is 2. The van der Waals surface area contributed by atoms with Gasteiger partial charge in [-0.05, 0) is 32.6 Å². The van der Waals surface area contributed by atoms with Crippen LogP contribution in [0.2, 0.25) is 0 Å². The highest BCUT2D eigenvalue weighted by atomic mass is 32.1. The van der Waals surface area contributed by atoms with Crippen molar-refractivity contribution in [3.63, 3.8) is 0 Å². The van der Waals surface area contributed by atoms with Crippen molar-refractivity contribution in [1.29, 1.82) is 0 Å². The Balaban J connectivity index is 2.47. The van der Waals surface area contributed by atoms with Crippen molar-refractivity contribution in [3.8, 4) is 0 Å². The summed E-state index contributed by atoms with van der Waals surface area (Å²) in [6.07, 6.45) is 2.40. The summed E-state index contributed by atoms with van der Waals surface area (Å²) in [6, 6.07) is 0. The minimum Gasteiger partial charge on any atom is -0.397 e. The number of thiophene rings is 1. The van der Waals surface area contributed by atoms with Crippen molar-refractivity contribution >= 4 is 27.9 Å². The van der Waals surface area contributed by atoms with Crippen LogP contribution in [0.1, 0.15) is 47.8 Å². The van der Waals surface area contributed by atoms with E-state index in [1.807, 2.05) is 0 Å². The van der Waals surface area contributed by atoms with Crippen LogP contribution in [0.15, 0.2) is 0 Å². The van der Waals surface area contributed by atoms with Crippen LogP contribution in [0.25, 0.3) is 0 Å². The second-order valence-corrected chi connectivity index (χ2v) is 6.21. The van der Waals surface area contributed by atoms with Gasteiger partial charge in [-0.25, -0.2) is 0 Å². The number of carbonyl (C=O) groups excluding carboxylic acids is 1. The van der Waals surface area contributed by atoms with E-state index in [-0.39, 0.29) is 5.91 Å². The molecule has 0 radical (unpaired) electrons. The summed E-state index contributed by atoms with van der Waals surface area (Å²) in [4.78, 5) is 16.8. The quantitative estimate of drug-likeness (QED) is 0.903. The largest absolute Gasteiger partial charge is 0.397 e. The van der Waals surface area contributed by atoms with Crippen molar-refractivity contribution in [1.82, 2.24) is 4.90 Å². The summed E-state index contributed by atoms with van der Waals surface area (Å²) in [7, 11) is 3.55. The molecule has 0 spiro atoms. The van der Waals surface area contributed by atoms with Gasteiger partial charge in [-0.1, -0.05) is 0 Å². The van der Waals surface area contributed by atoms with Crippen LogP contribution in [0.3, 0.4) is 0 Å². The Bertz CT molecular complexity index is 473. The van der Waals surface area contributed by atoms with Gasteiger partial charge in [0.25, 0.3) is 5.91 Å². The zero-order chi connectivity index (χ0) is 14.2. The molecule has 2 rings (SSSR count). The normalized spacial score (nSPS) is 14.5. The van der Waals surface area contributed by atoms with E-state index in [0.29, 0.717) is 16.5 Å². The SMILES string of the molecule is CCN(CC)c1sc(C(=O)N(C)C)c(N)c1C1CC1. The van der Waals surface area contributed by atoms with E-state index in [1.165, 1.54) is 23.4 Å². The van der Waals surface area contributed by atoms with Crippen LogP contribution >= 0.6 is 11.3 Å². The molecule has 0 aliphatic heterocycles. The van der Waals surface area contributed by atoms with Gasteiger partial charge in [0.05, 0.1) is 10.7 Å². The molecule has 1 aromatic rings. The molecule has 1 fully saturated rings. The third-order valence-electron chi connectivity index (χ3n) is 3.60. The maximum Gasteiger partial charge on any atom is 0.265 e. The molecule has 2 N–H and O–H groups in total. The Labute approximate surface area is 119 Å². The highest BCUT2D eigenvalue weighted by Crippen LogP contribution is 2.52. The van der Waals surface area contributed by atoms with E-state index < -0.39 is 0 Å². The number of rotatable bonds is 5. The topological polar surface area (TPSA) is 49.6 Å². The summed E-state index contributed by atoms with van der Waals surface area (Å²) in [5.74, 6) is 0.582. The maximum atomic E-state index is 12.2. The average Bonchev–Trinajstić information content (AvgIpc) is 3.15. The van der Waals surface area contributed by atoms with E-state index >= 15 is 0 Å². The van der Waals surface area contributed by atoms with Gasteiger partial charge in [-0.2, -0.15) is 0 Å². The highest BCUT2D eigenvalue weighted by molar-refractivity contribution is 7.18. The van der Waals surface area contributed by atoms with Gasteiger partial charge in [-0.3, -0.25) is 4.79 Å². The van der Waals surface area contributed by atoms with Crippen LogP contribution in [-0.2, 0) is 0 Å². The smallest absolute Gasteiger partial charge is 0.265 e. The summed E-state index contributed by atoms with van der Waals surface area (Å²) in [6.45, 7) is 6.19. The molecule has 0 saturated heterocycles. The maximum absolute atomic E-state index is 12.2. The molecule has 19 heavy (non-hydrogen) atoms. The molecule has 1 aliphatic carbocycles. The van der Waals surface area contributed by atoms with Gasteiger partial charge in [0.1, 0.15) is 4.88 Å². The zero-order valence-corrected chi connectivity index (χ0v) is 13.0. The molecule has 106 valence electrons. The molecular formula is C14H23N3OS. The molecule has 1 aromatic heterocycles. The second-order valence-electron chi connectivity index (χ2n) is 5.21. The molecule has 0 unspecified atom stereocenters. The van der Waals surface area contributed by atoms with E-state index in [1.54, 1.807) is 30.3 Å². The summed E-state index contributed by atoms with van der Waals surface area (Å²) >= 11 is 1.56. The number of hydrogen-bond acceptors (Lipinski definition) is 4. The van der Waals surface area contributed by atoms with Crippen LogP contribution in [-0.4, -0.2) is 38.0 Å². The average molecular weight is 281 g/mol. The number of carbonyl (C=O) groups is 1. The first-order valence-corrected chi connectivity index (χ1v) is 7.71. The first-order chi connectivity index (χ1) is 9.01. The fourth-order valence-electron chi connectivity index (χ4n) is 2.32. The van der Waals surface area contributed by atoms with E-state index in [4.69, 9.17) is 5.73 Å². The van der Waals surface area contributed by atoms with Gasteiger partial charge in [0.15, 0.2) is 0 Å². The number of amides is 1. The fourth-order valence-corrected chi connectivity index (χ4v) is 3.78. The number of nitrogens with two attached hydrogens (primary N) is 1. The number of nitrogens with zero attached hydrogens (tertiary/aromatic N) is 2. The molecule has 4 nitrogen and oxygen atoms in total. The fraction of sp³-hybridized carbons (Fsp3) is 0.643. The van der Waals surface area contributed by atoms with Crippen molar-refractivity contribution in [2.24, 2.45) is 0 Å². The van der Waals surface area contributed by atoms with E-state index in [0.717, 1.165) is 13.1 Å². The first kappa shape index (κ1) is 14.2. The zero-order valence-electron chi connectivity index (χ0n) is 12.2. The van der Waals surface area contributed by atoms with Crippen LogP contribution in [0, 0.1) is 0 Å². The minimum absolute atomic E-state index is 0.0165. The van der Waals surface area contributed by atoms with Crippen LogP contribution < -0.4 is 10.6 Å². The van der Waals surface area contributed by atoms with E-state index in [2.05, 4.69) is 18.7 Å². The molecule has 0 aromatic carbocycles. The predicted octanol–water partition coefficient (Wildman–Crippen LogP) is 2.76. The lowest BCUT2D eigenvalue weighted by Gasteiger charge is -2.20. The van der Waals surface area contributed by atoms with Crippen LogP contribution in [0.5, 0.6) is 0 Å². The molecular weight excluding hydrogens is 258 g/mol. The van der Waals surface area contributed by atoms with Gasteiger partial charge in [0, 0.05) is 32.7 Å². The van der Waals surface area contributed by atoms with E-state index in [9.17, 15) is 4.79 Å². The van der Waals surface area contributed by atoms with Gasteiger partial charge in [-0.15, -0.1) is 11.3 Å². The standard InChI is InChI=1S/C14H23N3OS/c1-5-17(6-2)14-10(9-7-8-9)11(15)12(19-14)13(18)16(3)4/h9H,5-8,15H2,1-4H3. The third-order valence-corrected chi connectivity index (χ3v) is 4.87. The Morgan fingerprint density at radius 3 is 2.32 bits per heavy atom. The van der Waals surface area contributed by atoms with Crippen molar-refractivity contribution in [2.75, 3.05) is 37.8 Å². The molecule has 1 saturated carbocycles. The monoisotopic (exact) mass is 281 g/mol. The first-order valence-electron chi connectivity index (χ1n) is 6.89. The van der Waals surface area contributed by atoms with Gasteiger partial charge >= 0.3 is 0 Å². The summed E-state index contributed by atoms with van der Waals surface area (Å²) < 4.78 is 0. The molecule has 0 atom stereocenters. The highest BCUT2D eigenvalue weighted by Gasteiger charge is 2.34. The molecule has 1 heterocycles. The Hall–Kier alpha value is -1.23. The Kier molecular flexibility index (Phi) is 4.04. The summed E-state index contributed by atoms with van der Waals surface area (Å²) in [5.41, 5.74) is 8.20. The third kappa shape index (κ3) is 2.56. The second kappa shape index (κ2) is 5.41. The number of nitrogen functional groups attached to an aromatic ring is 1. The van der Waals surface area contributed by atoms with Gasteiger partial charge in [0.2, 0.25) is 0 Å². The van der Waals surface area contributed by atoms with Crippen molar-refractivity contribution in [3.05, 3.63) is 10.4 Å². The lowest BCUT2D eigenvalue weighted by atomic mass is 10.1. The lowest BCUT2D eigenvalue weighted by Crippen LogP contribution is -2.21. The predicted molar refractivity (Wildman–Crippen MR) is 82.3 cm³/mol. The lowest BCUT2D eigenvalue weighted by molar-refractivity contribution is 0.0833. The number of hydrogen-bond donors (Lipinski definition) is 1.